The van der Waals surface area contributed by atoms with Crippen LogP contribution < -0.4 is 5.32 Å². The van der Waals surface area contributed by atoms with E-state index in [9.17, 15) is 9.59 Å². The molecule has 0 bridgehead atoms. The third kappa shape index (κ3) is 3.57. The van der Waals surface area contributed by atoms with Gasteiger partial charge in [0.2, 0.25) is 0 Å². The van der Waals surface area contributed by atoms with Crippen molar-refractivity contribution in [3.05, 3.63) is 22.5 Å². The largest absolute Gasteiger partial charge is 0.462 e. The van der Waals surface area contributed by atoms with Crippen LogP contribution in [-0.4, -0.2) is 43.7 Å². The van der Waals surface area contributed by atoms with Crippen molar-refractivity contribution in [3.8, 4) is 0 Å². The molecule has 0 radical (unpaired) electrons. The van der Waals surface area contributed by atoms with Gasteiger partial charge in [0.15, 0.2) is 0 Å². The molecule has 0 aliphatic heterocycles. The maximum Gasteiger partial charge on any atom is 0.340 e. The van der Waals surface area contributed by atoms with Gasteiger partial charge >= 0.3 is 5.97 Å². The Kier molecular flexibility index (Phi) is 5.57. The predicted octanol–water partition coefficient (Wildman–Crippen LogP) is 1.18. The van der Waals surface area contributed by atoms with Crippen LogP contribution in [0, 0.1) is 13.8 Å². The summed E-state index contributed by atoms with van der Waals surface area (Å²) in [5.41, 5.74) is 2.05. The van der Waals surface area contributed by atoms with E-state index in [1.165, 1.54) is 0 Å². The van der Waals surface area contributed by atoms with E-state index in [0.29, 0.717) is 42.3 Å². The fourth-order valence-corrected chi connectivity index (χ4v) is 1.84. The number of aryl methyl sites for hydroxylation is 1. The van der Waals surface area contributed by atoms with Crippen LogP contribution in [0.25, 0.3) is 0 Å². The van der Waals surface area contributed by atoms with Crippen LogP contribution in [0.1, 0.15) is 39.0 Å². The zero-order valence-corrected chi connectivity index (χ0v) is 11.8. The average molecular weight is 268 g/mol. The molecule has 0 saturated heterocycles. The second-order valence-corrected chi connectivity index (χ2v) is 4.09. The minimum absolute atomic E-state index is 0.256. The lowest BCUT2D eigenvalue weighted by Crippen LogP contribution is -2.27. The van der Waals surface area contributed by atoms with Crippen LogP contribution in [0.15, 0.2) is 0 Å². The van der Waals surface area contributed by atoms with Crippen LogP contribution >= 0.6 is 0 Å². The van der Waals surface area contributed by atoms with E-state index in [1.807, 2.05) is 0 Å². The first-order chi connectivity index (χ1) is 9.02. The minimum atomic E-state index is -0.412. The molecule has 0 aliphatic carbocycles. The van der Waals surface area contributed by atoms with Gasteiger partial charge in [-0.15, -0.1) is 0 Å². The summed E-state index contributed by atoms with van der Waals surface area (Å²) >= 11 is 0. The van der Waals surface area contributed by atoms with Crippen LogP contribution in [0.2, 0.25) is 0 Å². The summed E-state index contributed by atoms with van der Waals surface area (Å²) in [7, 11) is 1.56. The van der Waals surface area contributed by atoms with Gasteiger partial charge in [-0.3, -0.25) is 4.79 Å². The molecule has 0 aliphatic rings. The number of ether oxygens (including phenoxy) is 2. The number of carbonyl (C=O) groups is 2. The Morgan fingerprint density at radius 3 is 2.58 bits per heavy atom. The molecule has 0 aromatic carbocycles. The molecule has 1 aromatic rings. The number of aromatic nitrogens is 1. The Labute approximate surface area is 112 Å². The highest BCUT2D eigenvalue weighted by Gasteiger charge is 2.22. The van der Waals surface area contributed by atoms with E-state index in [1.54, 1.807) is 27.9 Å². The number of amides is 1. The number of hydrogen-bond donors (Lipinski definition) is 2. The second-order valence-electron chi connectivity index (χ2n) is 4.09. The quantitative estimate of drug-likeness (QED) is 0.600. The summed E-state index contributed by atoms with van der Waals surface area (Å²) in [4.78, 5) is 26.7. The zero-order valence-electron chi connectivity index (χ0n) is 11.8. The second kappa shape index (κ2) is 6.94. The van der Waals surface area contributed by atoms with E-state index >= 15 is 0 Å². The summed E-state index contributed by atoms with van der Waals surface area (Å²) in [6, 6.07) is 0. The van der Waals surface area contributed by atoms with Gasteiger partial charge in [0.25, 0.3) is 5.91 Å². The van der Waals surface area contributed by atoms with E-state index in [2.05, 4.69) is 10.3 Å². The molecule has 1 amide bonds. The Hall–Kier alpha value is -1.82. The fourth-order valence-electron chi connectivity index (χ4n) is 1.84. The summed E-state index contributed by atoms with van der Waals surface area (Å²) in [6.45, 7) is 6.37. The number of methoxy groups -OCH3 is 1. The lowest BCUT2D eigenvalue weighted by Gasteiger charge is -2.04. The Morgan fingerprint density at radius 1 is 1.32 bits per heavy atom. The van der Waals surface area contributed by atoms with Crippen molar-refractivity contribution in [3.63, 3.8) is 0 Å². The number of nitrogens with one attached hydrogen (secondary N) is 2. The maximum absolute atomic E-state index is 11.9. The highest BCUT2D eigenvalue weighted by Crippen LogP contribution is 2.18. The van der Waals surface area contributed by atoms with Gasteiger partial charge < -0.3 is 19.8 Å². The van der Waals surface area contributed by atoms with E-state index in [-0.39, 0.29) is 5.91 Å². The lowest BCUT2D eigenvalue weighted by molar-refractivity contribution is 0.0525. The molecule has 19 heavy (non-hydrogen) atoms. The van der Waals surface area contributed by atoms with Gasteiger partial charge in [0.1, 0.15) is 5.69 Å². The van der Waals surface area contributed by atoms with Gasteiger partial charge in [-0.1, -0.05) is 0 Å². The Bertz CT molecular complexity index is 465. The van der Waals surface area contributed by atoms with Gasteiger partial charge in [-0.05, 0) is 26.3 Å². The third-order valence-electron chi connectivity index (χ3n) is 2.74. The highest BCUT2D eigenvalue weighted by atomic mass is 16.5. The van der Waals surface area contributed by atoms with E-state index in [4.69, 9.17) is 9.47 Å². The molecular weight excluding hydrogens is 248 g/mol. The number of aromatic amines is 1. The standard InChI is InChI=1S/C13H20N2O4/c1-5-19-13(17)10-8(2)11(15-9(10)3)12(16)14-6-7-18-4/h15H,5-7H2,1-4H3,(H,14,16). The van der Waals surface area contributed by atoms with Crippen molar-refractivity contribution in [2.45, 2.75) is 20.8 Å². The Morgan fingerprint density at radius 2 is 2.00 bits per heavy atom. The van der Waals surface area contributed by atoms with Crippen LogP contribution in [-0.2, 0) is 9.47 Å². The molecule has 106 valence electrons. The summed E-state index contributed by atoms with van der Waals surface area (Å²) in [5, 5.41) is 2.70. The molecule has 0 unspecified atom stereocenters. The molecular formula is C13H20N2O4. The van der Waals surface area contributed by atoms with Crippen molar-refractivity contribution in [1.82, 2.24) is 10.3 Å². The zero-order chi connectivity index (χ0) is 14.4. The van der Waals surface area contributed by atoms with Crippen molar-refractivity contribution in [2.24, 2.45) is 0 Å². The molecule has 0 spiro atoms. The van der Waals surface area contributed by atoms with E-state index < -0.39 is 5.97 Å². The number of hydrogen-bond acceptors (Lipinski definition) is 4. The normalized spacial score (nSPS) is 10.3. The molecule has 1 rings (SSSR count). The Balaban J connectivity index is 2.89. The minimum Gasteiger partial charge on any atom is -0.462 e. The van der Waals surface area contributed by atoms with Crippen molar-refractivity contribution < 1.29 is 19.1 Å². The van der Waals surface area contributed by atoms with Crippen molar-refractivity contribution in [1.29, 1.82) is 0 Å². The van der Waals surface area contributed by atoms with Crippen LogP contribution in [0.5, 0.6) is 0 Å². The number of carbonyl (C=O) groups excluding carboxylic acids is 2. The molecule has 0 fully saturated rings. The molecule has 6 nitrogen and oxygen atoms in total. The highest BCUT2D eigenvalue weighted by molar-refractivity contribution is 6.00. The molecule has 0 atom stereocenters. The van der Waals surface area contributed by atoms with Gasteiger partial charge in [-0.2, -0.15) is 0 Å². The SMILES string of the molecule is CCOC(=O)c1c(C)[nH]c(C(=O)NCCOC)c1C. The van der Waals surface area contributed by atoms with Crippen molar-refractivity contribution >= 4 is 11.9 Å². The smallest absolute Gasteiger partial charge is 0.340 e. The van der Waals surface area contributed by atoms with Crippen LogP contribution in [0.3, 0.4) is 0 Å². The topological polar surface area (TPSA) is 80.4 Å². The number of H-pyrrole nitrogens is 1. The molecule has 6 heteroatoms. The summed E-state index contributed by atoms with van der Waals surface area (Å²) in [5.74, 6) is -0.669. The predicted molar refractivity (Wildman–Crippen MR) is 70.4 cm³/mol. The molecule has 1 heterocycles. The first-order valence-corrected chi connectivity index (χ1v) is 6.16. The lowest BCUT2D eigenvalue weighted by atomic mass is 10.1. The molecule has 1 aromatic heterocycles. The van der Waals surface area contributed by atoms with Crippen LogP contribution in [0.4, 0.5) is 0 Å². The monoisotopic (exact) mass is 268 g/mol. The van der Waals surface area contributed by atoms with Gasteiger partial charge in [-0.25, -0.2) is 4.79 Å². The molecule has 0 saturated carbocycles. The first kappa shape index (κ1) is 15.2. The van der Waals surface area contributed by atoms with E-state index in [0.717, 1.165) is 0 Å². The maximum atomic E-state index is 11.9. The summed E-state index contributed by atoms with van der Waals surface area (Å²) in [6.07, 6.45) is 0. The average Bonchev–Trinajstić information content (AvgIpc) is 2.65. The number of esters is 1. The first-order valence-electron chi connectivity index (χ1n) is 6.16. The number of rotatable bonds is 6. The van der Waals surface area contributed by atoms with Gasteiger partial charge in [0, 0.05) is 19.3 Å². The third-order valence-corrected chi connectivity index (χ3v) is 2.74. The fraction of sp³-hybridized carbons (Fsp3) is 0.538. The van der Waals surface area contributed by atoms with Crippen molar-refractivity contribution in [2.75, 3.05) is 26.9 Å². The molecule has 2 N–H and O–H groups in total. The van der Waals surface area contributed by atoms with Gasteiger partial charge in [0.05, 0.1) is 18.8 Å². The summed E-state index contributed by atoms with van der Waals surface area (Å²) < 4.78 is 9.83.